The number of fused-ring (bicyclic) bond motifs is 6. The molecule has 0 radical (unpaired) electrons. The molecule has 0 spiro atoms. The number of aliphatic hydroxyl groups excluding tert-OH is 1. The molecule has 2 aliphatic rings. The maximum Gasteiger partial charge on any atom is 0.312 e. The number of para-hydroxylation sites is 1. The quantitative estimate of drug-likeness (QED) is 0.538. The Labute approximate surface area is 168 Å². The molecule has 1 aromatic heterocycles. The summed E-state index contributed by atoms with van der Waals surface area (Å²) in [7, 11) is 0. The fraction of sp³-hybridized carbons (Fsp3) is 0.435. The van der Waals surface area contributed by atoms with Crippen LogP contribution >= 0.6 is 11.6 Å². The van der Waals surface area contributed by atoms with Crippen LogP contribution in [0.25, 0.3) is 21.8 Å². The minimum atomic E-state index is -1.15. The van der Waals surface area contributed by atoms with Crippen LogP contribution in [0.1, 0.15) is 44.2 Å². The monoisotopic (exact) mass is 397 g/mol. The molecule has 5 rings (SSSR count). The number of nitrogens with one attached hydrogen (secondary N) is 1. The van der Waals surface area contributed by atoms with E-state index >= 15 is 0 Å². The van der Waals surface area contributed by atoms with E-state index in [4.69, 9.17) is 11.6 Å². The van der Waals surface area contributed by atoms with Crippen molar-refractivity contribution in [3.05, 3.63) is 46.5 Å². The minimum absolute atomic E-state index is 0.132. The highest BCUT2D eigenvalue weighted by Gasteiger charge is 2.59. The van der Waals surface area contributed by atoms with Gasteiger partial charge in [-0.25, -0.2) is 0 Å². The Morgan fingerprint density at radius 1 is 1.21 bits per heavy atom. The predicted molar refractivity (Wildman–Crippen MR) is 111 cm³/mol. The van der Waals surface area contributed by atoms with Crippen molar-refractivity contribution in [1.29, 1.82) is 0 Å². The lowest BCUT2D eigenvalue weighted by molar-refractivity contribution is -0.171. The van der Waals surface area contributed by atoms with Crippen LogP contribution in [0.3, 0.4) is 0 Å². The van der Waals surface area contributed by atoms with Crippen molar-refractivity contribution >= 4 is 39.4 Å². The largest absolute Gasteiger partial charge is 0.481 e. The molecule has 0 bridgehead atoms. The third-order valence-electron chi connectivity index (χ3n) is 7.73. The molecule has 2 aromatic carbocycles. The van der Waals surface area contributed by atoms with Gasteiger partial charge in [0.25, 0.3) is 0 Å². The number of benzene rings is 2. The van der Waals surface area contributed by atoms with Crippen molar-refractivity contribution in [3.63, 3.8) is 0 Å². The van der Waals surface area contributed by atoms with E-state index in [9.17, 15) is 15.0 Å². The van der Waals surface area contributed by atoms with Crippen LogP contribution in [-0.4, -0.2) is 27.3 Å². The molecule has 4 nitrogen and oxygen atoms in total. The summed E-state index contributed by atoms with van der Waals surface area (Å²) < 4.78 is 0. The lowest BCUT2D eigenvalue weighted by atomic mass is 9.49. The molecule has 4 unspecified atom stereocenters. The fourth-order valence-electron chi connectivity index (χ4n) is 6.07. The molecule has 2 aliphatic carbocycles. The number of rotatable bonds is 1. The summed E-state index contributed by atoms with van der Waals surface area (Å²) >= 11 is 6.89. The average molecular weight is 398 g/mol. The smallest absolute Gasteiger partial charge is 0.312 e. The van der Waals surface area contributed by atoms with Gasteiger partial charge in [0.1, 0.15) is 0 Å². The Morgan fingerprint density at radius 2 is 1.96 bits per heavy atom. The van der Waals surface area contributed by atoms with E-state index in [1.165, 1.54) is 0 Å². The lowest BCUT2D eigenvalue weighted by Crippen LogP contribution is -2.58. The summed E-state index contributed by atoms with van der Waals surface area (Å²) in [4.78, 5) is 15.7. The Bertz CT molecular complexity index is 1140. The molecular formula is C23H24ClNO3. The molecule has 4 atom stereocenters. The lowest BCUT2D eigenvalue weighted by Gasteiger charge is -2.55. The van der Waals surface area contributed by atoms with Gasteiger partial charge >= 0.3 is 5.97 Å². The first-order valence-corrected chi connectivity index (χ1v) is 10.3. The number of aromatic nitrogens is 1. The van der Waals surface area contributed by atoms with E-state index in [0.29, 0.717) is 6.42 Å². The van der Waals surface area contributed by atoms with Gasteiger partial charge in [0.15, 0.2) is 0 Å². The van der Waals surface area contributed by atoms with Gasteiger partial charge in [-0.2, -0.15) is 0 Å². The van der Waals surface area contributed by atoms with Gasteiger partial charge in [-0.15, -0.1) is 0 Å². The number of carboxylic acid groups (broad SMARTS) is 1. The van der Waals surface area contributed by atoms with Crippen LogP contribution in [0.4, 0.5) is 0 Å². The second-order valence-corrected chi connectivity index (χ2v) is 9.34. The standard InChI is InChI=1S/C23H24ClNO3/c1-22-10-9-18(26)23(2,21(27)28)17(22)8-7-13-15(22)11-14-12-5-3-4-6-16(12)25-20(14)19(13)24/h3-6,11,17-18,25-26H,7-10H2,1-2H3,(H,27,28). The number of carbonyl (C=O) groups is 1. The first-order chi connectivity index (χ1) is 13.3. The third-order valence-corrected chi connectivity index (χ3v) is 8.14. The second kappa shape index (κ2) is 5.74. The molecule has 3 aromatic rings. The fourth-order valence-corrected chi connectivity index (χ4v) is 6.41. The van der Waals surface area contributed by atoms with E-state index in [1.54, 1.807) is 6.92 Å². The molecule has 0 saturated heterocycles. The molecule has 1 heterocycles. The Kier molecular flexibility index (Phi) is 3.69. The van der Waals surface area contributed by atoms with Crippen molar-refractivity contribution in [2.24, 2.45) is 11.3 Å². The first-order valence-electron chi connectivity index (χ1n) is 9.92. The normalized spacial score (nSPS) is 32.3. The number of aliphatic carboxylic acids is 1. The predicted octanol–water partition coefficient (Wildman–Crippen LogP) is 5.04. The van der Waals surface area contributed by atoms with Crippen LogP contribution in [0.15, 0.2) is 30.3 Å². The number of carboxylic acids is 1. The van der Waals surface area contributed by atoms with Gasteiger partial charge in [-0.1, -0.05) is 36.7 Å². The summed E-state index contributed by atoms with van der Waals surface area (Å²) in [6.45, 7) is 3.89. The number of hydrogen-bond acceptors (Lipinski definition) is 2. The third kappa shape index (κ3) is 2.08. The Hall–Kier alpha value is -2.04. The summed E-state index contributed by atoms with van der Waals surface area (Å²) in [6.07, 6.45) is 1.87. The van der Waals surface area contributed by atoms with Crippen LogP contribution in [-0.2, 0) is 16.6 Å². The van der Waals surface area contributed by atoms with Gasteiger partial charge in [-0.05, 0) is 67.2 Å². The summed E-state index contributed by atoms with van der Waals surface area (Å²) in [5.41, 5.74) is 2.83. The number of halogens is 1. The number of hydrogen-bond donors (Lipinski definition) is 3. The molecular weight excluding hydrogens is 374 g/mol. The first kappa shape index (κ1) is 18.0. The maximum absolute atomic E-state index is 12.2. The molecule has 0 aliphatic heterocycles. The summed E-state index contributed by atoms with van der Waals surface area (Å²) in [5.74, 6) is -1.04. The van der Waals surface area contributed by atoms with Gasteiger partial charge in [0, 0.05) is 16.3 Å². The minimum Gasteiger partial charge on any atom is -0.481 e. The molecule has 5 heteroatoms. The maximum atomic E-state index is 12.2. The highest BCUT2D eigenvalue weighted by molar-refractivity contribution is 6.37. The summed E-state index contributed by atoms with van der Waals surface area (Å²) in [6, 6.07) is 10.4. The molecule has 28 heavy (non-hydrogen) atoms. The highest BCUT2D eigenvalue weighted by Crippen LogP contribution is 2.58. The van der Waals surface area contributed by atoms with Gasteiger partial charge in [0.05, 0.1) is 22.1 Å². The van der Waals surface area contributed by atoms with Gasteiger partial charge < -0.3 is 15.2 Å². The van der Waals surface area contributed by atoms with Crippen LogP contribution in [0, 0.1) is 11.3 Å². The zero-order valence-electron chi connectivity index (χ0n) is 16.1. The Morgan fingerprint density at radius 3 is 2.71 bits per heavy atom. The zero-order chi connectivity index (χ0) is 19.8. The van der Waals surface area contributed by atoms with Crippen molar-refractivity contribution in [2.45, 2.75) is 51.0 Å². The van der Waals surface area contributed by atoms with Gasteiger partial charge in [-0.3, -0.25) is 4.79 Å². The Balaban J connectivity index is 1.79. The molecule has 146 valence electrons. The second-order valence-electron chi connectivity index (χ2n) is 8.96. The van der Waals surface area contributed by atoms with E-state index in [1.807, 2.05) is 18.2 Å². The molecule has 1 fully saturated rings. The van der Waals surface area contributed by atoms with E-state index < -0.39 is 17.5 Å². The topological polar surface area (TPSA) is 73.3 Å². The van der Waals surface area contributed by atoms with Crippen LogP contribution in [0.5, 0.6) is 0 Å². The average Bonchev–Trinajstić information content (AvgIpc) is 3.05. The van der Waals surface area contributed by atoms with E-state index in [2.05, 4.69) is 24.0 Å². The van der Waals surface area contributed by atoms with E-state index in [-0.39, 0.29) is 11.3 Å². The van der Waals surface area contributed by atoms with Gasteiger partial charge in [0.2, 0.25) is 0 Å². The SMILES string of the molecule is CC12CCC(O)C(C)(C(=O)O)C1CCc1c2cc2c([nH]c3ccccc32)c1Cl. The van der Waals surface area contributed by atoms with Crippen molar-refractivity contribution in [1.82, 2.24) is 4.98 Å². The zero-order valence-corrected chi connectivity index (χ0v) is 16.8. The number of aliphatic hydroxyl groups is 1. The summed E-state index contributed by atoms with van der Waals surface area (Å²) in [5, 5.41) is 23.6. The van der Waals surface area contributed by atoms with Crippen molar-refractivity contribution < 1.29 is 15.0 Å². The molecule has 0 amide bonds. The van der Waals surface area contributed by atoms with Crippen LogP contribution in [0.2, 0.25) is 5.02 Å². The highest BCUT2D eigenvalue weighted by atomic mass is 35.5. The number of aromatic amines is 1. The molecule has 3 N–H and O–H groups in total. The van der Waals surface area contributed by atoms with E-state index in [0.717, 1.165) is 57.2 Å². The van der Waals surface area contributed by atoms with Crippen molar-refractivity contribution in [2.75, 3.05) is 0 Å². The van der Waals surface area contributed by atoms with Crippen LogP contribution < -0.4 is 0 Å². The van der Waals surface area contributed by atoms with Crippen molar-refractivity contribution in [3.8, 4) is 0 Å². The molecule has 1 saturated carbocycles. The number of H-pyrrole nitrogens is 1.